The summed E-state index contributed by atoms with van der Waals surface area (Å²) in [4.78, 5) is 11.7. The summed E-state index contributed by atoms with van der Waals surface area (Å²) < 4.78 is 27.6. The van der Waals surface area contributed by atoms with E-state index >= 15 is 0 Å². The number of aromatic carboxylic acids is 1. The van der Waals surface area contributed by atoms with Crippen LogP contribution < -0.4 is 10.0 Å². The standard InChI is InChI=1S/C18H20N2O4S/c1-12-5-7-15(8-6-12)25(23,24)20-14-10-13-4-2-3-9-19-17(13)16(11-14)18(21)22/h5-8,10-11,19-20H,2-4,9H2,1H3,(H,21,22). The average molecular weight is 360 g/mol. The van der Waals surface area contributed by atoms with Crippen LogP contribution in [-0.2, 0) is 16.4 Å². The van der Waals surface area contributed by atoms with Gasteiger partial charge in [-0.05, 0) is 56.0 Å². The van der Waals surface area contributed by atoms with Gasteiger partial charge in [0.25, 0.3) is 10.0 Å². The molecule has 1 aliphatic rings. The van der Waals surface area contributed by atoms with E-state index in [0.717, 1.165) is 24.0 Å². The van der Waals surface area contributed by atoms with Crippen molar-refractivity contribution >= 4 is 27.4 Å². The van der Waals surface area contributed by atoms with Crippen molar-refractivity contribution in [1.82, 2.24) is 0 Å². The Morgan fingerprint density at radius 1 is 1.16 bits per heavy atom. The van der Waals surface area contributed by atoms with E-state index in [1.807, 2.05) is 6.92 Å². The van der Waals surface area contributed by atoms with Gasteiger partial charge in [-0.3, -0.25) is 4.72 Å². The Morgan fingerprint density at radius 3 is 2.56 bits per heavy atom. The first kappa shape index (κ1) is 17.3. The molecule has 25 heavy (non-hydrogen) atoms. The number of hydrogen-bond acceptors (Lipinski definition) is 4. The first-order chi connectivity index (χ1) is 11.9. The van der Waals surface area contributed by atoms with Crippen LogP contribution in [0.2, 0.25) is 0 Å². The first-order valence-corrected chi connectivity index (χ1v) is 9.59. The molecule has 132 valence electrons. The Balaban J connectivity index is 2.00. The molecule has 6 nitrogen and oxygen atoms in total. The van der Waals surface area contributed by atoms with Gasteiger partial charge in [-0.1, -0.05) is 17.7 Å². The van der Waals surface area contributed by atoms with E-state index in [0.29, 0.717) is 18.7 Å². The van der Waals surface area contributed by atoms with Gasteiger partial charge >= 0.3 is 5.97 Å². The maximum atomic E-state index is 12.6. The van der Waals surface area contributed by atoms with Crippen molar-refractivity contribution in [2.45, 2.75) is 31.1 Å². The Hall–Kier alpha value is -2.54. The fourth-order valence-corrected chi connectivity index (χ4v) is 3.96. The summed E-state index contributed by atoms with van der Waals surface area (Å²) in [5.41, 5.74) is 2.71. The van der Waals surface area contributed by atoms with Crippen molar-refractivity contribution < 1.29 is 18.3 Å². The molecule has 1 heterocycles. The molecule has 2 aromatic carbocycles. The molecule has 0 amide bonds. The maximum Gasteiger partial charge on any atom is 0.337 e. The summed E-state index contributed by atoms with van der Waals surface area (Å²) >= 11 is 0. The molecule has 2 aromatic rings. The number of nitrogens with one attached hydrogen (secondary N) is 2. The second-order valence-electron chi connectivity index (χ2n) is 6.17. The number of benzene rings is 2. The van der Waals surface area contributed by atoms with E-state index in [1.165, 1.54) is 18.2 Å². The van der Waals surface area contributed by atoms with E-state index in [9.17, 15) is 18.3 Å². The van der Waals surface area contributed by atoms with Crippen LogP contribution in [-0.4, -0.2) is 26.0 Å². The molecule has 0 bridgehead atoms. The lowest BCUT2D eigenvalue weighted by Crippen LogP contribution is -2.15. The van der Waals surface area contributed by atoms with Gasteiger partial charge in [0.15, 0.2) is 0 Å². The topological polar surface area (TPSA) is 95.5 Å². The Kier molecular flexibility index (Phi) is 4.67. The highest BCUT2D eigenvalue weighted by atomic mass is 32.2. The predicted molar refractivity (Wildman–Crippen MR) is 96.8 cm³/mol. The molecule has 7 heteroatoms. The highest BCUT2D eigenvalue weighted by molar-refractivity contribution is 7.92. The largest absolute Gasteiger partial charge is 0.478 e. The second kappa shape index (κ2) is 6.76. The summed E-state index contributed by atoms with van der Waals surface area (Å²) in [5.74, 6) is -1.08. The van der Waals surface area contributed by atoms with Crippen LogP contribution in [0.25, 0.3) is 0 Å². The van der Waals surface area contributed by atoms with Crippen LogP contribution in [0.3, 0.4) is 0 Å². The molecule has 0 radical (unpaired) electrons. The van der Waals surface area contributed by atoms with Gasteiger partial charge in [0.05, 0.1) is 21.8 Å². The minimum atomic E-state index is -3.77. The van der Waals surface area contributed by atoms with Crippen LogP contribution in [0.5, 0.6) is 0 Å². The third-order valence-electron chi connectivity index (χ3n) is 4.21. The molecule has 0 saturated carbocycles. The molecule has 3 rings (SSSR count). The van der Waals surface area contributed by atoms with Crippen LogP contribution in [0.4, 0.5) is 11.4 Å². The van der Waals surface area contributed by atoms with E-state index < -0.39 is 16.0 Å². The van der Waals surface area contributed by atoms with Crippen molar-refractivity contribution in [1.29, 1.82) is 0 Å². The summed E-state index contributed by atoms with van der Waals surface area (Å²) in [5, 5.41) is 12.6. The van der Waals surface area contributed by atoms with E-state index in [-0.39, 0.29) is 16.1 Å². The minimum Gasteiger partial charge on any atom is -0.478 e. The second-order valence-corrected chi connectivity index (χ2v) is 7.85. The maximum absolute atomic E-state index is 12.6. The Bertz CT molecular complexity index is 905. The number of rotatable bonds is 4. The predicted octanol–water partition coefficient (Wildman–Crippen LogP) is 3.24. The number of anilines is 2. The molecule has 0 saturated heterocycles. The van der Waals surface area contributed by atoms with Crippen molar-refractivity contribution in [3.63, 3.8) is 0 Å². The quantitative estimate of drug-likeness (QED) is 0.778. The van der Waals surface area contributed by atoms with Crippen LogP contribution in [0.1, 0.15) is 34.3 Å². The average Bonchev–Trinajstić information content (AvgIpc) is 2.79. The zero-order chi connectivity index (χ0) is 18.0. The van der Waals surface area contributed by atoms with Gasteiger partial charge in [-0.15, -0.1) is 0 Å². The summed E-state index contributed by atoms with van der Waals surface area (Å²) in [7, 11) is -3.77. The Labute approximate surface area is 146 Å². The fourth-order valence-electron chi connectivity index (χ4n) is 2.92. The zero-order valence-corrected chi connectivity index (χ0v) is 14.7. The monoisotopic (exact) mass is 360 g/mol. The van der Waals surface area contributed by atoms with Gasteiger partial charge in [0.2, 0.25) is 0 Å². The van der Waals surface area contributed by atoms with Crippen LogP contribution in [0, 0.1) is 6.92 Å². The number of aryl methyl sites for hydroxylation is 2. The molecule has 3 N–H and O–H groups in total. The Morgan fingerprint density at radius 2 is 1.88 bits per heavy atom. The van der Waals surface area contributed by atoms with Crippen molar-refractivity contribution in [3.8, 4) is 0 Å². The molecular formula is C18H20N2O4S. The number of fused-ring (bicyclic) bond motifs is 1. The molecule has 0 aromatic heterocycles. The lowest BCUT2D eigenvalue weighted by atomic mass is 10.0. The zero-order valence-electron chi connectivity index (χ0n) is 13.9. The van der Waals surface area contributed by atoms with Gasteiger partial charge in [-0.2, -0.15) is 0 Å². The minimum absolute atomic E-state index is 0.0843. The van der Waals surface area contributed by atoms with Gasteiger partial charge in [0, 0.05) is 6.54 Å². The van der Waals surface area contributed by atoms with Gasteiger partial charge < -0.3 is 10.4 Å². The number of sulfonamides is 1. The highest BCUT2D eigenvalue weighted by Gasteiger charge is 2.20. The number of carboxylic acids is 1. The molecular weight excluding hydrogens is 340 g/mol. The van der Waals surface area contributed by atoms with Gasteiger partial charge in [-0.25, -0.2) is 13.2 Å². The van der Waals surface area contributed by atoms with Crippen molar-refractivity contribution in [2.24, 2.45) is 0 Å². The molecule has 1 aliphatic heterocycles. The third kappa shape index (κ3) is 3.76. The molecule has 0 aliphatic carbocycles. The highest BCUT2D eigenvalue weighted by Crippen LogP contribution is 2.30. The summed E-state index contributed by atoms with van der Waals surface area (Å²) in [6, 6.07) is 9.58. The van der Waals surface area contributed by atoms with Crippen LogP contribution >= 0.6 is 0 Å². The van der Waals surface area contributed by atoms with Crippen molar-refractivity contribution in [3.05, 3.63) is 53.1 Å². The molecule has 0 unspecified atom stereocenters. The molecule has 0 spiro atoms. The SMILES string of the molecule is Cc1ccc(S(=O)(=O)Nc2cc3c(c(C(=O)O)c2)NCCCC3)cc1. The van der Waals surface area contributed by atoms with E-state index in [4.69, 9.17) is 0 Å². The summed E-state index contributed by atoms with van der Waals surface area (Å²) in [6.45, 7) is 2.59. The van der Waals surface area contributed by atoms with Crippen LogP contribution in [0.15, 0.2) is 41.3 Å². The molecule has 0 fully saturated rings. The fraction of sp³-hybridized carbons (Fsp3) is 0.278. The van der Waals surface area contributed by atoms with E-state index in [2.05, 4.69) is 10.0 Å². The third-order valence-corrected chi connectivity index (χ3v) is 5.61. The number of carbonyl (C=O) groups is 1. The van der Waals surface area contributed by atoms with Crippen molar-refractivity contribution in [2.75, 3.05) is 16.6 Å². The summed E-state index contributed by atoms with van der Waals surface area (Å²) in [6.07, 6.45) is 2.58. The molecule has 0 atom stereocenters. The first-order valence-electron chi connectivity index (χ1n) is 8.10. The lowest BCUT2D eigenvalue weighted by Gasteiger charge is -2.15. The van der Waals surface area contributed by atoms with Gasteiger partial charge in [0.1, 0.15) is 0 Å². The lowest BCUT2D eigenvalue weighted by molar-refractivity contribution is 0.0698. The number of hydrogen-bond donors (Lipinski definition) is 3. The number of carboxylic acid groups (broad SMARTS) is 1. The normalized spacial score (nSPS) is 14.1. The smallest absolute Gasteiger partial charge is 0.337 e. The van der Waals surface area contributed by atoms with E-state index in [1.54, 1.807) is 18.2 Å².